The maximum absolute atomic E-state index is 13.3. The molecule has 0 amide bonds. The molecule has 0 spiro atoms. The highest BCUT2D eigenvalue weighted by molar-refractivity contribution is 7.89. The Balaban J connectivity index is 1.80. The number of sulfonamides is 1. The van der Waals surface area contributed by atoms with Crippen molar-refractivity contribution in [2.45, 2.75) is 24.3 Å². The van der Waals surface area contributed by atoms with Crippen molar-refractivity contribution in [2.24, 2.45) is 5.10 Å². The largest absolute Gasteiger partial charge is 0.463 e. The molecule has 0 saturated heterocycles. The standard InChI is InChI=1S/C20H17ClN2O3S/c1-14-4-2-5-15(12-14)19-13-18(20-6-3-11-26-20)22-23(19)27(24,25)17-9-7-16(21)8-10-17/h2-12,19H,13H2,1H3/t19-/m1/s1. The van der Waals surface area contributed by atoms with E-state index in [1.165, 1.54) is 16.5 Å². The second-order valence-corrected chi connectivity index (χ2v) is 8.62. The van der Waals surface area contributed by atoms with E-state index in [1.807, 2.05) is 31.2 Å². The summed E-state index contributed by atoms with van der Waals surface area (Å²) < 4.78 is 33.2. The van der Waals surface area contributed by atoms with Crippen LogP contribution < -0.4 is 0 Å². The lowest BCUT2D eigenvalue weighted by atomic mass is 10.0. The van der Waals surface area contributed by atoms with Gasteiger partial charge >= 0.3 is 0 Å². The SMILES string of the molecule is Cc1cccc([C@H]2CC(c3ccco3)=NN2S(=O)(=O)c2ccc(Cl)cc2)c1. The average Bonchev–Trinajstić information content (AvgIpc) is 3.32. The maximum atomic E-state index is 13.3. The van der Waals surface area contributed by atoms with Crippen molar-refractivity contribution in [1.29, 1.82) is 0 Å². The van der Waals surface area contributed by atoms with Crippen LogP contribution in [0.15, 0.2) is 81.3 Å². The lowest BCUT2D eigenvalue weighted by molar-refractivity contribution is 0.371. The average molecular weight is 401 g/mol. The Labute approximate surface area is 162 Å². The molecule has 0 aliphatic carbocycles. The quantitative estimate of drug-likeness (QED) is 0.633. The molecule has 0 fully saturated rings. The second kappa shape index (κ2) is 6.87. The molecule has 1 aromatic heterocycles. The lowest BCUT2D eigenvalue weighted by Gasteiger charge is -2.23. The third-order valence-corrected chi connectivity index (χ3v) is 6.41. The van der Waals surface area contributed by atoms with Gasteiger partial charge in [-0.15, -0.1) is 0 Å². The van der Waals surface area contributed by atoms with Crippen LogP contribution in [0.5, 0.6) is 0 Å². The van der Waals surface area contributed by atoms with E-state index in [2.05, 4.69) is 5.10 Å². The molecule has 1 aliphatic rings. The first-order valence-electron chi connectivity index (χ1n) is 8.43. The zero-order valence-corrected chi connectivity index (χ0v) is 16.1. The van der Waals surface area contributed by atoms with E-state index >= 15 is 0 Å². The zero-order valence-electron chi connectivity index (χ0n) is 14.5. The van der Waals surface area contributed by atoms with Crippen molar-refractivity contribution in [2.75, 3.05) is 0 Å². The monoisotopic (exact) mass is 400 g/mol. The topological polar surface area (TPSA) is 62.9 Å². The van der Waals surface area contributed by atoms with Crippen LogP contribution in [0.25, 0.3) is 0 Å². The Kier molecular flexibility index (Phi) is 4.53. The van der Waals surface area contributed by atoms with E-state index in [0.717, 1.165) is 11.1 Å². The maximum Gasteiger partial charge on any atom is 0.279 e. The number of hydrazone groups is 1. The first kappa shape index (κ1) is 17.8. The summed E-state index contributed by atoms with van der Waals surface area (Å²) in [6.07, 6.45) is 1.99. The van der Waals surface area contributed by atoms with Gasteiger partial charge in [0.25, 0.3) is 10.0 Å². The Morgan fingerprint density at radius 3 is 2.56 bits per heavy atom. The second-order valence-electron chi connectivity index (χ2n) is 6.39. The van der Waals surface area contributed by atoms with Crippen molar-refractivity contribution >= 4 is 27.3 Å². The summed E-state index contributed by atoms with van der Waals surface area (Å²) in [4.78, 5) is 0.147. The molecule has 1 aliphatic heterocycles. The molecule has 0 N–H and O–H groups in total. The van der Waals surface area contributed by atoms with Gasteiger partial charge < -0.3 is 4.42 Å². The molecule has 2 aromatic carbocycles. The number of benzene rings is 2. The van der Waals surface area contributed by atoms with Gasteiger partial charge in [0.1, 0.15) is 11.5 Å². The first-order chi connectivity index (χ1) is 12.9. The van der Waals surface area contributed by atoms with E-state index in [-0.39, 0.29) is 4.90 Å². The zero-order chi connectivity index (χ0) is 19.0. The molecule has 0 radical (unpaired) electrons. The Hall–Kier alpha value is -2.57. The molecule has 0 unspecified atom stereocenters. The van der Waals surface area contributed by atoms with E-state index < -0.39 is 16.1 Å². The van der Waals surface area contributed by atoms with Gasteiger partial charge in [-0.05, 0) is 48.9 Å². The molecular formula is C20H17ClN2O3S. The van der Waals surface area contributed by atoms with Gasteiger partial charge in [0.15, 0.2) is 0 Å². The number of halogens is 1. The summed E-state index contributed by atoms with van der Waals surface area (Å²) in [6, 6.07) is 17.0. The predicted octanol–water partition coefficient (Wildman–Crippen LogP) is 4.78. The van der Waals surface area contributed by atoms with Crippen LogP contribution in [0.4, 0.5) is 0 Å². The van der Waals surface area contributed by atoms with Crippen molar-refractivity contribution in [3.63, 3.8) is 0 Å². The number of nitrogens with zero attached hydrogens (tertiary/aromatic N) is 2. The van der Waals surface area contributed by atoms with Crippen molar-refractivity contribution in [3.05, 3.63) is 88.8 Å². The third kappa shape index (κ3) is 3.38. The summed E-state index contributed by atoms with van der Waals surface area (Å²) in [7, 11) is -3.84. The van der Waals surface area contributed by atoms with Crippen LogP contribution >= 0.6 is 11.6 Å². The fourth-order valence-electron chi connectivity index (χ4n) is 3.14. The van der Waals surface area contributed by atoms with Gasteiger partial charge in [0, 0.05) is 11.4 Å². The number of hydrogen-bond acceptors (Lipinski definition) is 4. The Morgan fingerprint density at radius 1 is 1.11 bits per heavy atom. The van der Waals surface area contributed by atoms with E-state index in [9.17, 15) is 8.42 Å². The third-order valence-electron chi connectivity index (χ3n) is 4.46. The number of aryl methyl sites for hydroxylation is 1. The van der Waals surface area contributed by atoms with Gasteiger partial charge in [0.2, 0.25) is 0 Å². The first-order valence-corrected chi connectivity index (χ1v) is 10.2. The normalized spacial score (nSPS) is 17.2. The highest BCUT2D eigenvalue weighted by atomic mass is 35.5. The van der Waals surface area contributed by atoms with Crippen molar-refractivity contribution < 1.29 is 12.8 Å². The summed E-state index contributed by atoms with van der Waals surface area (Å²) >= 11 is 5.91. The highest BCUT2D eigenvalue weighted by Gasteiger charge is 2.38. The minimum atomic E-state index is -3.84. The minimum Gasteiger partial charge on any atom is -0.463 e. The summed E-state index contributed by atoms with van der Waals surface area (Å²) in [5.41, 5.74) is 2.55. The molecule has 3 aromatic rings. The van der Waals surface area contributed by atoms with Gasteiger partial charge in [-0.3, -0.25) is 0 Å². The molecule has 2 heterocycles. The van der Waals surface area contributed by atoms with Crippen LogP contribution in [-0.2, 0) is 10.0 Å². The smallest absolute Gasteiger partial charge is 0.279 e. The summed E-state index contributed by atoms with van der Waals surface area (Å²) in [5.74, 6) is 0.571. The molecule has 138 valence electrons. The predicted molar refractivity (Wildman–Crippen MR) is 104 cm³/mol. The van der Waals surface area contributed by atoms with Crippen molar-refractivity contribution in [1.82, 2.24) is 4.41 Å². The molecule has 0 bridgehead atoms. The van der Waals surface area contributed by atoms with Crippen LogP contribution in [0, 0.1) is 6.92 Å². The van der Waals surface area contributed by atoms with E-state index in [1.54, 1.807) is 30.5 Å². The molecule has 7 heteroatoms. The number of furan rings is 1. The summed E-state index contributed by atoms with van der Waals surface area (Å²) in [6.45, 7) is 1.98. The lowest BCUT2D eigenvalue weighted by Crippen LogP contribution is -2.27. The van der Waals surface area contributed by atoms with Crippen LogP contribution in [0.3, 0.4) is 0 Å². The molecule has 4 rings (SSSR count). The fourth-order valence-corrected chi connectivity index (χ4v) is 4.70. The van der Waals surface area contributed by atoms with Gasteiger partial charge in [0.05, 0.1) is 17.2 Å². The molecule has 0 saturated carbocycles. The van der Waals surface area contributed by atoms with Crippen molar-refractivity contribution in [3.8, 4) is 0 Å². The van der Waals surface area contributed by atoms with Crippen LogP contribution in [0.1, 0.15) is 29.3 Å². The number of rotatable bonds is 4. The van der Waals surface area contributed by atoms with Crippen LogP contribution in [0.2, 0.25) is 5.02 Å². The molecule has 5 nitrogen and oxygen atoms in total. The summed E-state index contributed by atoms with van der Waals surface area (Å²) in [5, 5.41) is 4.90. The van der Waals surface area contributed by atoms with E-state index in [4.69, 9.17) is 16.0 Å². The van der Waals surface area contributed by atoms with E-state index in [0.29, 0.717) is 22.9 Å². The Bertz CT molecular complexity index is 1090. The molecular weight excluding hydrogens is 384 g/mol. The van der Waals surface area contributed by atoms with Gasteiger partial charge in [-0.25, -0.2) is 0 Å². The highest BCUT2D eigenvalue weighted by Crippen LogP contribution is 2.37. The van der Waals surface area contributed by atoms with Gasteiger partial charge in [-0.1, -0.05) is 41.4 Å². The van der Waals surface area contributed by atoms with Gasteiger partial charge in [-0.2, -0.15) is 17.9 Å². The van der Waals surface area contributed by atoms with Crippen LogP contribution in [-0.4, -0.2) is 18.5 Å². The molecule has 27 heavy (non-hydrogen) atoms. The fraction of sp³-hybridized carbons (Fsp3) is 0.150. The Morgan fingerprint density at radius 2 is 1.89 bits per heavy atom. The molecule has 1 atom stereocenters. The minimum absolute atomic E-state index is 0.147. The number of hydrogen-bond donors (Lipinski definition) is 0.